The quantitative estimate of drug-likeness (QED) is 0.874. The number of pyridine rings is 1. The van der Waals surface area contributed by atoms with Gasteiger partial charge < -0.3 is 10.6 Å². The highest BCUT2D eigenvalue weighted by Crippen LogP contribution is 2.35. The summed E-state index contributed by atoms with van der Waals surface area (Å²) in [6.45, 7) is 9.82. The molecule has 0 spiro atoms. The van der Waals surface area contributed by atoms with Crippen LogP contribution in [0.25, 0.3) is 0 Å². The fraction of sp³-hybridized carbons (Fsp3) is 0.667. The SMILES string of the molecule is CC(C)(C)C1CCN(c2cccnc2CN)CC1. The predicted molar refractivity (Wildman–Crippen MR) is 76.5 cm³/mol. The number of anilines is 1. The second-order valence-electron chi connectivity index (χ2n) is 6.30. The maximum absolute atomic E-state index is 5.76. The lowest BCUT2D eigenvalue weighted by Gasteiger charge is -2.40. The van der Waals surface area contributed by atoms with Gasteiger partial charge in [0.25, 0.3) is 0 Å². The molecule has 0 saturated carbocycles. The summed E-state index contributed by atoms with van der Waals surface area (Å²) in [6.07, 6.45) is 4.36. The molecule has 0 aromatic carbocycles. The molecule has 1 aromatic rings. The van der Waals surface area contributed by atoms with Crippen molar-refractivity contribution in [1.29, 1.82) is 0 Å². The van der Waals surface area contributed by atoms with E-state index in [1.54, 1.807) is 0 Å². The van der Waals surface area contributed by atoms with Crippen molar-refractivity contribution < 1.29 is 0 Å². The minimum atomic E-state index is 0.428. The maximum atomic E-state index is 5.76. The van der Waals surface area contributed by atoms with Crippen molar-refractivity contribution >= 4 is 5.69 Å². The molecule has 2 heterocycles. The zero-order valence-electron chi connectivity index (χ0n) is 11.8. The molecule has 3 heteroatoms. The summed E-state index contributed by atoms with van der Waals surface area (Å²) >= 11 is 0. The molecule has 0 atom stereocenters. The van der Waals surface area contributed by atoms with E-state index >= 15 is 0 Å². The lowest BCUT2D eigenvalue weighted by molar-refractivity contribution is 0.199. The second kappa shape index (κ2) is 5.27. The highest BCUT2D eigenvalue weighted by Gasteiger charge is 2.29. The van der Waals surface area contributed by atoms with E-state index in [4.69, 9.17) is 5.73 Å². The third-order valence-electron chi connectivity index (χ3n) is 4.12. The molecule has 1 aliphatic rings. The standard InChI is InChI=1S/C15H25N3/c1-15(2,3)12-6-9-18(10-7-12)14-5-4-8-17-13(14)11-16/h4-5,8,12H,6-7,9-11,16H2,1-3H3. The van der Waals surface area contributed by atoms with Crippen molar-refractivity contribution in [2.24, 2.45) is 17.1 Å². The third-order valence-corrected chi connectivity index (χ3v) is 4.12. The Morgan fingerprint density at radius 3 is 2.56 bits per heavy atom. The minimum absolute atomic E-state index is 0.428. The summed E-state index contributed by atoms with van der Waals surface area (Å²) in [5, 5.41) is 0. The van der Waals surface area contributed by atoms with Gasteiger partial charge in [-0.3, -0.25) is 4.98 Å². The van der Waals surface area contributed by atoms with Crippen LogP contribution in [0.2, 0.25) is 0 Å². The Bertz CT molecular complexity index is 387. The van der Waals surface area contributed by atoms with Crippen LogP contribution in [0.1, 0.15) is 39.3 Å². The van der Waals surface area contributed by atoms with E-state index in [2.05, 4.69) is 36.7 Å². The first kappa shape index (κ1) is 13.3. The Labute approximate surface area is 110 Å². The summed E-state index contributed by atoms with van der Waals surface area (Å²) < 4.78 is 0. The molecule has 2 N–H and O–H groups in total. The van der Waals surface area contributed by atoms with Crippen LogP contribution in [0.3, 0.4) is 0 Å². The van der Waals surface area contributed by atoms with Crippen LogP contribution >= 0.6 is 0 Å². The van der Waals surface area contributed by atoms with Crippen molar-refractivity contribution in [3.05, 3.63) is 24.0 Å². The van der Waals surface area contributed by atoms with Gasteiger partial charge in [-0.15, -0.1) is 0 Å². The van der Waals surface area contributed by atoms with Crippen LogP contribution in [0.15, 0.2) is 18.3 Å². The number of rotatable bonds is 2. The summed E-state index contributed by atoms with van der Waals surface area (Å²) in [7, 11) is 0. The Morgan fingerprint density at radius 1 is 1.33 bits per heavy atom. The van der Waals surface area contributed by atoms with Crippen molar-refractivity contribution in [3.63, 3.8) is 0 Å². The van der Waals surface area contributed by atoms with Gasteiger partial charge in [0.15, 0.2) is 0 Å². The van der Waals surface area contributed by atoms with Crippen molar-refractivity contribution in [3.8, 4) is 0 Å². The monoisotopic (exact) mass is 247 g/mol. The number of nitrogens with zero attached hydrogens (tertiary/aromatic N) is 2. The first-order valence-corrected chi connectivity index (χ1v) is 6.91. The molecule has 2 rings (SSSR count). The van der Waals surface area contributed by atoms with E-state index in [0.717, 1.165) is 24.7 Å². The van der Waals surface area contributed by atoms with Gasteiger partial charge in [0.2, 0.25) is 0 Å². The first-order valence-electron chi connectivity index (χ1n) is 6.91. The zero-order chi connectivity index (χ0) is 13.2. The number of hydrogen-bond donors (Lipinski definition) is 1. The van der Waals surface area contributed by atoms with Crippen LogP contribution in [-0.2, 0) is 6.54 Å². The fourth-order valence-corrected chi connectivity index (χ4v) is 2.86. The van der Waals surface area contributed by atoms with E-state index in [1.165, 1.54) is 18.5 Å². The molecule has 1 fully saturated rings. The van der Waals surface area contributed by atoms with Gasteiger partial charge in [0.05, 0.1) is 11.4 Å². The van der Waals surface area contributed by atoms with Gasteiger partial charge in [-0.05, 0) is 36.3 Å². The average Bonchev–Trinajstić information content (AvgIpc) is 2.38. The summed E-state index contributed by atoms with van der Waals surface area (Å²) in [4.78, 5) is 6.82. The molecule has 0 radical (unpaired) electrons. The van der Waals surface area contributed by atoms with E-state index in [0.29, 0.717) is 12.0 Å². The van der Waals surface area contributed by atoms with Crippen molar-refractivity contribution in [1.82, 2.24) is 4.98 Å². The van der Waals surface area contributed by atoms with Crippen LogP contribution in [0.5, 0.6) is 0 Å². The van der Waals surface area contributed by atoms with Crippen LogP contribution in [-0.4, -0.2) is 18.1 Å². The average molecular weight is 247 g/mol. The molecule has 0 bridgehead atoms. The van der Waals surface area contributed by atoms with Crippen LogP contribution in [0, 0.1) is 11.3 Å². The lowest BCUT2D eigenvalue weighted by atomic mass is 9.75. The Hall–Kier alpha value is -1.09. The number of hydrogen-bond acceptors (Lipinski definition) is 3. The van der Waals surface area contributed by atoms with Gasteiger partial charge in [-0.25, -0.2) is 0 Å². The molecule has 1 saturated heterocycles. The Kier molecular flexibility index (Phi) is 3.91. The topological polar surface area (TPSA) is 42.2 Å². The highest BCUT2D eigenvalue weighted by atomic mass is 15.1. The lowest BCUT2D eigenvalue weighted by Crippen LogP contribution is -2.38. The number of nitrogens with two attached hydrogens (primary N) is 1. The third kappa shape index (κ3) is 2.83. The molecular formula is C15H25N3. The largest absolute Gasteiger partial charge is 0.370 e. The van der Waals surface area contributed by atoms with Gasteiger partial charge in [0, 0.05) is 25.8 Å². The molecule has 100 valence electrons. The Morgan fingerprint density at radius 2 is 2.00 bits per heavy atom. The van der Waals surface area contributed by atoms with E-state index < -0.39 is 0 Å². The summed E-state index contributed by atoms with van der Waals surface area (Å²) in [5.74, 6) is 0.826. The normalized spacial score (nSPS) is 18.1. The Balaban J connectivity index is 2.06. The van der Waals surface area contributed by atoms with Crippen molar-refractivity contribution in [2.45, 2.75) is 40.2 Å². The van der Waals surface area contributed by atoms with Crippen molar-refractivity contribution in [2.75, 3.05) is 18.0 Å². The molecule has 1 aromatic heterocycles. The van der Waals surface area contributed by atoms with Crippen LogP contribution in [0.4, 0.5) is 5.69 Å². The molecule has 0 amide bonds. The minimum Gasteiger partial charge on any atom is -0.370 e. The van der Waals surface area contributed by atoms with Gasteiger partial charge in [-0.1, -0.05) is 20.8 Å². The molecule has 0 aliphatic carbocycles. The predicted octanol–water partition coefficient (Wildman–Crippen LogP) is 2.80. The molecule has 3 nitrogen and oxygen atoms in total. The molecule has 0 unspecified atom stereocenters. The molecule has 18 heavy (non-hydrogen) atoms. The fourth-order valence-electron chi connectivity index (χ4n) is 2.86. The maximum Gasteiger partial charge on any atom is 0.0772 e. The van der Waals surface area contributed by atoms with Gasteiger partial charge in [0.1, 0.15) is 0 Å². The second-order valence-corrected chi connectivity index (χ2v) is 6.30. The van der Waals surface area contributed by atoms with E-state index in [-0.39, 0.29) is 0 Å². The molecule has 1 aliphatic heterocycles. The highest BCUT2D eigenvalue weighted by molar-refractivity contribution is 5.50. The smallest absolute Gasteiger partial charge is 0.0772 e. The van der Waals surface area contributed by atoms with Gasteiger partial charge >= 0.3 is 0 Å². The van der Waals surface area contributed by atoms with Gasteiger partial charge in [-0.2, -0.15) is 0 Å². The first-order chi connectivity index (χ1) is 8.52. The van der Waals surface area contributed by atoms with Crippen LogP contribution < -0.4 is 10.6 Å². The number of aromatic nitrogens is 1. The zero-order valence-corrected chi connectivity index (χ0v) is 11.8. The molecular weight excluding hydrogens is 222 g/mol. The number of piperidine rings is 1. The summed E-state index contributed by atoms with van der Waals surface area (Å²) in [5.41, 5.74) is 8.44. The summed E-state index contributed by atoms with van der Waals surface area (Å²) in [6, 6.07) is 4.15. The van der Waals surface area contributed by atoms with E-state index in [1.807, 2.05) is 12.3 Å². The van der Waals surface area contributed by atoms with E-state index in [9.17, 15) is 0 Å².